The highest BCUT2D eigenvalue weighted by atomic mass is 31.2. The number of esters is 2. The van der Waals surface area contributed by atoms with Crippen LogP contribution in [0.5, 0.6) is 0 Å². The van der Waals surface area contributed by atoms with Crippen molar-refractivity contribution < 1.29 is 71.4 Å². The molecule has 382 valence electrons. The molecule has 5 atom stereocenters. The molecule has 17 heteroatoms. The molecular weight excluding hydrogens is 890 g/mol. The number of phosphoric acid groups is 2. The van der Waals surface area contributed by atoms with E-state index in [-0.39, 0.29) is 12.8 Å². The Morgan fingerprint density at radius 2 is 0.697 bits per heavy atom. The van der Waals surface area contributed by atoms with Gasteiger partial charge in [-0.2, -0.15) is 0 Å². The number of carbonyl (C=O) groups is 2. The van der Waals surface area contributed by atoms with Crippen molar-refractivity contribution in [3.8, 4) is 0 Å². The van der Waals surface area contributed by atoms with Crippen LogP contribution in [0, 0.1) is 0 Å². The molecule has 5 unspecified atom stereocenters. The van der Waals surface area contributed by atoms with Crippen molar-refractivity contribution in [2.24, 2.45) is 0 Å². The highest BCUT2D eigenvalue weighted by Crippen LogP contribution is 2.45. The van der Waals surface area contributed by atoms with Crippen LogP contribution in [0.2, 0.25) is 0 Å². The average Bonchev–Trinajstić information content (AvgIpc) is 3.29. The van der Waals surface area contributed by atoms with Gasteiger partial charge in [0, 0.05) is 12.8 Å². The Bertz CT molecular complexity index is 1460. The molecule has 0 bridgehead atoms. The van der Waals surface area contributed by atoms with Gasteiger partial charge in [0.05, 0.1) is 26.4 Å². The zero-order chi connectivity index (χ0) is 48.8. The lowest BCUT2D eigenvalue weighted by Gasteiger charge is -2.19. The van der Waals surface area contributed by atoms with Crippen LogP contribution in [0.4, 0.5) is 0 Å². The minimum Gasteiger partial charge on any atom is -0.463 e. The van der Waals surface area contributed by atoms with Gasteiger partial charge in [0.1, 0.15) is 31.5 Å². The van der Waals surface area contributed by atoms with E-state index in [9.17, 15) is 43.8 Å². The number of unbranched alkanes of at least 4 members (excludes halogenated alkanes) is 14. The van der Waals surface area contributed by atoms with Crippen LogP contribution in [0.1, 0.15) is 168 Å². The number of allylic oxidation sites excluding steroid dienone is 12. The molecule has 0 aliphatic rings. The number of hydrogen-bond donors (Lipinski definition) is 5. The third-order valence-electron chi connectivity index (χ3n) is 9.65. The van der Waals surface area contributed by atoms with Gasteiger partial charge < -0.3 is 34.6 Å². The largest absolute Gasteiger partial charge is 0.472 e. The molecule has 5 N–H and O–H groups in total. The summed E-state index contributed by atoms with van der Waals surface area (Å²) < 4.78 is 53.0. The number of aliphatic hydroxyl groups is 3. The van der Waals surface area contributed by atoms with E-state index in [0.717, 1.165) is 89.9 Å². The maximum atomic E-state index is 12.2. The van der Waals surface area contributed by atoms with Crippen LogP contribution < -0.4 is 0 Å². The van der Waals surface area contributed by atoms with Crippen molar-refractivity contribution in [1.29, 1.82) is 0 Å². The maximum absolute atomic E-state index is 12.2. The molecule has 66 heavy (non-hydrogen) atoms. The Hall–Kier alpha value is -2.52. The van der Waals surface area contributed by atoms with E-state index in [4.69, 9.17) is 9.47 Å². The van der Waals surface area contributed by atoms with Gasteiger partial charge in [0.25, 0.3) is 0 Å². The van der Waals surface area contributed by atoms with Crippen molar-refractivity contribution in [3.05, 3.63) is 72.9 Å². The van der Waals surface area contributed by atoms with Gasteiger partial charge >= 0.3 is 27.6 Å². The van der Waals surface area contributed by atoms with Gasteiger partial charge in [-0.15, -0.1) is 0 Å². The number of rotatable bonds is 46. The monoisotopic (exact) mass is 977 g/mol. The summed E-state index contributed by atoms with van der Waals surface area (Å²) in [6, 6.07) is 0. The SMILES string of the molecule is CC/C=C\C/C=C\C/C=C\C/C=C\C/C=C\CCCCCCCC(=O)OCC(O)COP(=O)(O)OCC(O)COP(=O)(O)OCC(O)COC(=O)CCCCC/C=C\CCCCCCCC. The molecule has 0 saturated carbocycles. The highest BCUT2D eigenvalue weighted by Gasteiger charge is 2.28. The second-order valence-corrected chi connectivity index (χ2v) is 19.0. The lowest BCUT2D eigenvalue weighted by molar-refractivity contribution is -0.148. The van der Waals surface area contributed by atoms with E-state index in [0.29, 0.717) is 12.8 Å². The van der Waals surface area contributed by atoms with Gasteiger partial charge in [0.15, 0.2) is 0 Å². The molecule has 0 aliphatic carbocycles. The fourth-order valence-electron chi connectivity index (χ4n) is 5.88. The van der Waals surface area contributed by atoms with E-state index >= 15 is 0 Å². The number of aliphatic hydroxyl groups excluding tert-OH is 3. The summed E-state index contributed by atoms with van der Waals surface area (Å²) in [6.07, 6.45) is 44.6. The molecule has 0 aromatic carbocycles. The van der Waals surface area contributed by atoms with E-state index in [2.05, 4.69) is 105 Å². The van der Waals surface area contributed by atoms with Gasteiger partial charge in [-0.3, -0.25) is 27.7 Å². The fourth-order valence-corrected chi connectivity index (χ4v) is 7.47. The van der Waals surface area contributed by atoms with E-state index in [1.165, 1.54) is 38.5 Å². The zero-order valence-electron chi connectivity index (χ0n) is 40.1. The van der Waals surface area contributed by atoms with Crippen molar-refractivity contribution >= 4 is 27.6 Å². The number of carbonyl (C=O) groups excluding carboxylic acids is 2. The topological polar surface area (TPSA) is 225 Å². The normalized spacial score (nSPS) is 15.7. The summed E-state index contributed by atoms with van der Waals surface area (Å²) in [6.45, 7) is 0.241. The summed E-state index contributed by atoms with van der Waals surface area (Å²) in [4.78, 5) is 43.7. The third kappa shape index (κ3) is 46.6. The van der Waals surface area contributed by atoms with Gasteiger partial charge in [-0.1, -0.05) is 145 Å². The van der Waals surface area contributed by atoms with Crippen LogP contribution in [0.15, 0.2) is 72.9 Å². The zero-order valence-corrected chi connectivity index (χ0v) is 41.9. The second-order valence-electron chi connectivity index (χ2n) is 16.1. The fraction of sp³-hybridized carbons (Fsp3) is 0.714. The summed E-state index contributed by atoms with van der Waals surface area (Å²) >= 11 is 0. The van der Waals surface area contributed by atoms with Crippen molar-refractivity contribution in [1.82, 2.24) is 0 Å². The minimum absolute atomic E-state index is 0.171. The standard InChI is InChI=1S/C49H86O15P2/c1-3-5-7-9-11-13-15-17-18-19-20-21-22-23-24-26-28-30-32-34-36-38-49(54)60-40-46(51)42-62-66(57,58)64-44-47(52)43-63-65(55,56)61-41-45(50)39-59-48(53)37-35-33-31-29-27-25-16-14-12-10-8-6-4-2/h5,7,11,13,17-18,20-21,23-25,27,45-47,50-52H,3-4,6,8-10,12,14-16,19,22,26,28-44H2,1-2H3,(H,55,56)(H,57,58)/b7-5-,13-11-,18-17-,21-20-,24-23-,27-25-. The molecule has 0 spiro atoms. The molecule has 0 radical (unpaired) electrons. The summed E-state index contributed by atoms with van der Waals surface area (Å²) in [5.74, 6) is -1.03. The molecule has 0 aromatic rings. The number of phosphoric ester groups is 2. The summed E-state index contributed by atoms with van der Waals surface area (Å²) in [5.41, 5.74) is 0. The molecule has 0 heterocycles. The van der Waals surface area contributed by atoms with E-state index in [1.807, 2.05) is 0 Å². The minimum atomic E-state index is -4.80. The number of ether oxygens (including phenoxy) is 2. The molecule has 0 rings (SSSR count). The van der Waals surface area contributed by atoms with Crippen LogP contribution >= 0.6 is 15.6 Å². The average molecular weight is 977 g/mol. The van der Waals surface area contributed by atoms with Crippen molar-refractivity contribution in [2.75, 3.05) is 39.6 Å². The van der Waals surface area contributed by atoms with Crippen molar-refractivity contribution in [2.45, 2.75) is 186 Å². The third-order valence-corrected chi connectivity index (χ3v) is 11.5. The van der Waals surface area contributed by atoms with Crippen LogP contribution in [0.25, 0.3) is 0 Å². The van der Waals surface area contributed by atoms with Gasteiger partial charge in [-0.25, -0.2) is 9.13 Å². The van der Waals surface area contributed by atoms with Crippen molar-refractivity contribution in [3.63, 3.8) is 0 Å². The Morgan fingerprint density at radius 1 is 0.409 bits per heavy atom. The second kappa shape index (κ2) is 45.0. The lowest BCUT2D eigenvalue weighted by atomic mass is 10.1. The van der Waals surface area contributed by atoms with Gasteiger partial charge in [0.2, 0.25) is 0 Å². The summed E-state index contributed by atoms with van der Waals surface area (Å²) in [5, 5.41) is 30.0. The van der Waals surface area contributed by atoms with E-state index < -0.39 is 85.5 Å². The molecule has 0 aliphatic heterocycles. The molecule has 0 amide bonds. The lowest BCUT2D eigenvalue weighted by Crippen LogP contribution is -2.25. The molecule has 0 fully saturated rings. The van der Waals surface area contributed by atoms with Crippen LogP contribution in [-0.4, -0.2) is 95.0 Å². The van der Waals surface area contributed by atoms with E-state index in [1.54, 1.807) is 0 Å². The maximum Gasteiger partial charge on any atom is 0.472 e. The predicted molar refractivity (Wildman–Crippen MR) is 260 cm³/mol. The molecule has 0 aromatic heterocycles. The smallest absolute Gasteiger partial charge is 0.463 e. The molecular formula is C49H86O15P2. The Kier molecular flexibility index (Phi) is 43.2. The first-order valence-electron chi connectivity index (χ1n) is 24.3. The van der Waals surface area contributed by atoms with Gasteiger partial charge in [-0.05, 0) is 83.5 Å². The summed E-state index contributed by atoms with van der Waals surface area (Å²) in [7, 11) is -9.59. The molecule has 15 nitrogen and oxygen atoms in total. The number of hydrogen-bond acceptors (Lipinski definition) is 13. The highest BCUT2D eigenvalue weighted by molar-refractivity contribution is 7.47. The quantitative estimate of drug-likeness (QED) is 0.0166. The van der Waals surface area contributed by atoms with Crippen LogP contribution in [0.3, 0.4) is 0 Å². The Morgan fingerprint density at radius 3 is 1.08 bits per heavy atom. The Balaban J connectivity index is 3.93. The Labute approximate surface area is 396 Å². The first-order valence-corrected chi connectivity index (χ1v) is 27.3. The predicted octanol–water partition coefficient (Wildman–Crippen LogP) is 11.2. The molecule has 0 saturated heterocycles. The van der Waals surface area contributed by atoms with Crippen LogP contribution in [-0.2, 0) is 46.3 Å². The first-order chi connectivity index (χ1) is 31.8. The first kappa shape index (κ1) is 63.5.